The third-order valence-electron chi connectivity index (χ3n) is 7.67. The highest BCUT2D eigenvalue weighted by molar-refractivity contribution is 6.31. The second-order valence-electron chi connectivity index (χ2n) is 11.6. The van der Waals surface area contributed by atoms with E-state index in [2.05, 4.69) is 31.4 Å². The molecule has 0 radical (unpaired) electrons. The van der Waals surface area contributed by atoms with Gasteiger partial charge < -0.3 is 26.2 Å². The van der Waals surface area contributed by atoms with Crippen LogP contribution in [0, 0.1) is 11.2 Å². The first-order valence-electron chi connectivity index (χ1n) is 13.2. The molecule has 1 heterocycles. The van der Waals surface area contributed by atoms with Gasteiger partial charge in [-0.2, -0.15) is 0 Å². The Bertz CT molecular complexity index is 1460. The number of benzene rings is 3. The summed E-state index contributed by atoms with van der Waals surface area (Å²) in [5.74, 6) is -2.49. The Kier molecular flexibility index (Phi) is 8.99. The van der Waals surface area contributed by atoms with Crippen molar-refractivity contribution in [2.24, 2.45) is 11.1 Å². The van der Waals surface area contributed by atoms with Gasteiger partial charge in [-0.25, -0.2) is 9.18 Å². The van der Waals surface area contributed by atoms with E-state index in [1.807, 2.05) is 6.07 Å². The molecule has 5 N–H and O–H groups in total. The van der Waals surface area contributed by atoms with Crippen LogP contribution < -0.4 is 21.1 Å². The van der Waals surface area contributed by atoms with Crippen molar-refractivity contribution >= 4 is 40.8 Å². The van der Waals surface area contributed by atoms with Crippen LogP contribution in [0.2, 0.25) is 10.0 Å². The molecule has 1 amide bonds. The smallest absolute Gasteiger partial charge is 0.335 e. The van der Waals surface area contributed by atoms with Gasteiger partial charge in [-0.3, -0.25) is 4.79 Å². The molecule has 4 rings (SSSR count). The van der Waals surface area contributed by atoms with E-state index in [0.29, 0.717) is 33.3 Å². The van der Waals surface area contributed by atoms with E-state index in [-0.39, 0.29) is 23.3 Å². The van der Waals surface area contributed by atoms with Gasteiger partial charge in [-0.1, -0.05) is 56.1 Å². The van der Waals surface area contributed by atoms with Crippen LogP contribution in [-0.2, 0) is 10.2 Å². The topological polar surface area (TPSA) is 114 Å². The van der Waals surface area contributed by atoms with E-state index in [1.165, 1.54) is 37.4 Å². The van der Waals surface area contributed by atoms with Crippen molar-refractivity contribution in [2.45, 2.75) is 50.6 Å². The summed E-state index contributed by atoms with van der Waals surface area (Å²) < 4.78 is 21.1. The molecule has 1 saturated heterocycles. The van der Waals surface area contributed by atoms with Crippen molar-refractivity contribution in [3.8, 4) is 5.75 Å². The predicted molar refractivity (Wildman–Crippen MR) is 160 cm³/mol. The summed E-state index contributed by atoms with van der Waals surface area (Å²) in [6.07, 6.45) is 0.563. The highest BCUT2D eigenvalue weighted by atomic mass is 35.5. The number of anilines is 1. The zero-order chi connectivity index (χ0) is 30.1. The minimum absolute atomic E-state index is 0.00952. The predicted octanol–water partition coefficient (Wildman–Crippen LogP) is 6.23. The largest absolute Gasteiger partial charge is 0.495 e. The molecule has 1 fully saturated rings. The number of carbonyl (C=O) groups excluding carboxylic acids is 1. The molecule has 218 valence electrons. The zero-order valence-corrected chi connectivity index (χ0v) is 24.8. The highest BCUT2D eigenvalue weighted by Gasteiger charge is 2.59. The Balaban J connectivity index is 1.91. The average molecular weight is 603 g/mol. The quantitative estimate of drug-likeness (QED) is 0.243. The number of ether oxygens (including phenoxy) is 1. The summed E-state index contributed by atoms with van der Waals surface area (Å²) in [7, 11) is 1.39. The molecule has 3 aromatic rings. The number of nitrogens with one attached hydrogen (secondary N) is 2. The van der Waals surface area contributed by atoms with Gasteiger partial charge in [0.05, 0.1) is 24.4 Å². The molecule has 41 heavy (non-hydrogen) atoms. The van der Waals surface area contributed by atoms with Gasteiger partial charge in [0, 0.05) is 34.0 Å². The lowest BCUT2D eigenvalue weighted by atomic mass is 9.62. The van der Waals surface area contributed by atoms with E-state index in [4.69, 9.17) is 33.7 Å². The molecular formula is C31H34Cl2FN3O4. The minimum Gasteiger partial charge on any atom is -0.495 e. The molecule has 7 nitrogen and oxygen atoms in total. The Hall–Kier alpha value is -3.17. The van der Waals surface area contributed by atoms with Crippen LogP contribution in [0.15, 0.2) is 60.7 Å². The number of hydrogen-bond donors (Lipinski definition) is 4. The Labute approximate surface area is 249 Å². The lowest BCUT2D eigenvalue weighted by Crippen LogP contribution is -2.50. The number of carboxylic acid groups (broad SMARTS) is 1. The summed E-state index contributed by atoms with van der Waals surface area (Å²) in [6.45, 7) is 6.22. The van der Waals surface area contributed by atoms with Crippen LogP contribution in [0.4, 0.5) is 10.1 Å². The molecular weight excluding hydrogens is 568 g/mol. The first-order chi connectivity index (χ1) is 19.3. The molecule has 1 aliphatic rings. The van der Waals surface area contributed by atoms with Gasteiger partial charge in [-0.15, -0.1) is 0 Å². The van der Waals surface area contributed by atoms with Gasteiger partial charge >= 0.3 is 5.97 Å². The van der Waals surface area contributed by atoms with Crippen LogP contribution in [0.3, 0.4) is 0 Å². The van der Waals surface area contributed by atoms with E-state index in [0.717, 1.165) is 0 Å². The fourth-order valence-electron chi connectivity index (χ4n) is 5.97. The number of aromatic carboxylic acids is 1. The number of hydrogen-bond acceptors (Lipinski definition) is 5. The number of nitrogens with two attached hydrogens (primary N) is 1. The summed E-state index contributed by atoms with van der Waals surface area (Å²) in [6, 6.07) is 14.4. The molecule has 4 atom stereocenters. The fraction of sp³-hybridized carbons (Fsp3) is 0.355. The fourth-order valence-corrected chi connectivity index (χ4v) is 6.34. The molecule has 0 bridgehead atoms. The van der Waals surface area contributed by atoms with E-state index in [1.54, 1.807) is 24.3 Å². The number of amides is 1. The Morgan fingerprint density at radius 2 is 1.80 bits per heavy atom. The third kappa shape index (κ3) is 6.21. The first-order valence-corrected chi connectivity index (χ1v) is 14.0. The van der Waals surface area contributed by atoms with Gasteiger partial charge in [0.25, 0.3) is 0 Å². The molecule has 0 spiro atoms. The van der Waals surface area contributed by atoms with Crippen LogP contribution in [0.5, 0.6) is 5.75 Å². The van der Waals surface area contributed by atoms with Crippen LogP contribution in [0.1, 0.15) is 54.6 Å². The van der Waals surface area contributed by atoms with E-state index in [9.17, 15) is 14.7 Å². The van der Waals surface area contributed by atoms with E-state index >= 15 is 4.39 Å². The zero-order valence-electron chi connectivity index (χ0n) is 23.3. The maximum Gasteiger partial charge on any atom is 0.335 e. The van der Waals surface area contributed by atoms with Gasteiger partial charge in [0.15, 0.2) is 0 Å². The first kappa shape index (κ1) is 30.8. The summed E-state index contributed by atoms with van der Waals surface area (Å²) in [5, 5.41) is 16.6. The van der Waals surface area contributed by atoms with Gasteiger partial charge in [-0.05, 0) is 71.5 Å². The second kappa shape index (κ2) is 12.0. The van der Waals surface area contributed by atoms with Crippen molar-refractivity contribution in [1.82, 2.24) is 5.32 Å². The Morgan fingerprint density at radius 3 is 2.41 bits per heavy atom. The van der Waals surface area contributed by atoms with E-state index < -0.39 is 41.1 Å². The van der Waals surface area contributed by atoms with Gasteiger partial charge in [0.1, 0.15) is 11.6 Å². The standard InChI is InChI=1S/C31H34Cl2FN3O4/c1-30(2,3)15-25-31(16-35,21-14-20(33)9-10-22(21)34)26(17-6-5-7-19(32)12-17)27(37-25)28(38)36-23-11-8-18(29(39)40)13-24(23)41-4/h5-14,25-27,37H,15-16,35H2,1-4H3,(H,36,38)(H,39,40)/t25-,26-,27+,31-/m0/s1. The molecule has 10 heteroatoms. The lowest BCUT2D eigenvalue weighted by Gasteiger charge is -2.42. The monoisotopic (exact) mass is 601 g/mol. The SMILES string of the molecule is COc1cc(C(=O)O)ccc1NC(=O)[C@@H]1N[C@@H](CC(C)(C)C)[C@](CN)(c2cc(Cl)ccc2F)[C@H]1c1cccc(Cl)c1. The summed E-state index contributed by atoms with van der Waals surface area (Å²) in [5.41, 5.74) is 6.64. The number of rotatable bonds is 8. The average Bonchev–Trinajstić information content (AvgIpc) is 3.23. The van der Waals surface area contributed by atoms with Crippen molar-refractivity contribution in [2.75, 3.05) is 19.0 Å². The molecule has 3 aromatic carbocycles. The third-order valence-corrected chi connectivity index (χ3v) is 8.14. The maximum absolute atomic E-state index is 15.8. The van der Waals surface area contributed by atoms with Crippen molar-refractivity contribution < 1.29 is 23.8 Å². The highest BCUT2D eigenvalue weighted by Crippen LogP contribution is 2.52. The number of halogens is 3. The van der Waals surface area contributed by atoms with Crippen LogP contribution >= 0.6 is 23.2 Å². The second-order valence-corrected chi connectivity index (χ2v) is 12.4. The number of carboxylic acids is 1. The number of methoxy groups -OCH3 is 1. The lowest BCUT2D eigenvalue weighted by molar-refractivity contribution is -0.118. The summed E-state index contributed by atoms with van der Waals surface area (Å²) >= 11 is 12.8. The minimum atomic E-state index is -1.12. The van der Waals surface area contributed by atoms with Crippen molar-refractivity contribution in [1.29, 1.82) is 0 Å². The molecule has 1 aliphatic heterocycles. The van der Waals surface area contributed by atoms with Crippen LogP contribution in [-0.4, -0.2) is 42.7 Å². The number of carbonyl (C=O) groups is 2. The molecule has 0 saturated carbocycles. The van der Waals surface area contributed by atoms with Crippen molar-refractivity contribution in [3.63, 3.8) is 0 Å². The molecule has 0 aromatic heterocycles. The maximum atomic E-state index is 15.8. The summed E-state index contributed by atoms with van der Waals surface area (Å²) in [4.78, 5) is 25.6. The van der Waals surface area contributed by atoms with Crippen molar-refractivity contribution in [3.05, 3.63) is 93.2 Å². The Morgan fingerprint density at radius 1 is 1.10 bits per heavy atom. The normalized spacial score (nSPS) is 22.4. The van der Waals surface area contributed by atoms with Gasteiger partial charge in [0.2, 0.25) is 5.91 Å². The van der Waals surface area contributed by atoms with Crippen LogP contribution in [0.25, 0.3) is 0 Å². The molecule has 0 unspecified atom stereocenters. The molecule has 0 aliphatic carbocycles.